The second kappa shape index (κ2) is 8.64. The Hall–Kier alpha value is -1.92. The molecule has 26 heavy (non-hydrogen) atoms. The quantitative estimate of drug-likeness (QED) is 0.873. The zero-order valence-electron chi connectivity index (χ0n) is 15.9. The highest BCUT2D eigenvalue weighted by Gasteiger charge is 2.26. The molecule has 0 aromatic heterocycles. The van der Waals surface area contributed by atoms with Crippen LogP contribution in [0.25, 0.3) is 0 Å². The standard InChI is InChI=1S/C20H30N4O2/c1-22(2)20(26)16-7-9-17(10-8-16)21-19(25)15-23-11-13-24(14-12-23)18-5-3-4-6-18/h7-10,18H,3-6,11-15H2,1-2H3,(H,21,25). The molecule has 3 rings (SSSR count). The van der Waals surface area contributed by atoms with Gasteiger partial charge in [-0.2, -0.15) is 0 Å². The van der Waals surface area contributed by atoms with Gasteiger partial charge in [-0.15, -0.1) is 0 Å². The molecule has 1 heterocycles. The second-order valence-electron chi connectivity index (χ2n) is 7.58. The first-order valence-corrected chi connectivity index (χ1v) is 9.61. The highest BCUT2D eigenvalue weighted by Crippen LogP contribution is 2.24. The summed E-state index contributed by atoms with van der Waals surface area (Å²) in [6.45, 7) is 4.48. The molecule has 1 aromatic carbocycles. The van der Waals surface area contributed by atoms with E-state index in [0.717, 1.165) is 37.9 Å². The van der Waals surface area contributed by atoms with Crippen LogP contribution in [0.3, 0.4) is 0 Å². The van der Waals surface area contributed by atoms with Crippen molar-refractivity contribution >= 4 is 17.5 Å². The van der Waals surface area contributed by atoms with Crippen LogP contribution in [0.2, 0.25) is 0 Å². The number of carbonyl (C=O) groups excluding carboxylic acids is 2. The van der Waals surface area contributed by atoms with Crippen LogP contribution in [0.15, 0.2) is 24.3 Å². The second-order valence-corrected chi connectivity index (χ2v) is 7.58. The average Bonchev–Trinajstić information content (AvgIpc) is 3.17. The van der Waals surface area contributed by atoms with E-state index in [1.807, 2.05) is 0 Å². The number of amides is 2. The minimum Gasteiger partial charge on any atom is -0.345 e. The Morgan fingerprint density at radius 3 is 2.23 bits per heavy atom. The number of hydrogen-bond donors (Lipinski definition) is 1. The Bertz CT molecular complexity index is 615. The Balaban J connectivity index is 1.43. The van der Waals surface area contributed by atoms with Gasteiger partial charge in [0.1, 0.15) is 0 Å². The summed E-state index contributed by atoms with van der Waals surface area (Å²) in [5.41, 5.74) is 1.35. The van der Waals surface area contributed by atoms with Crippen molar-refractivity contribution in [3.63, 3.8) is 0 Å². The maximum Gasteiger partial charge on any atom is 0.253 e. The lowest BCUT2D eigenvalue weighted by molar-refractivity contribution is -0.117. The van der Waals surface area contributed by atoms with Crippen molar-refractivity contribution in [2.24, 2.45) is 0 Å². The molecule has 2 aliphatic rings. The van der Waals surface area contributed by atoms with Crippen LogP contribution >= 0.6 is 0 Å². The van der Waals surface area contributed by atoms with Crippen molar-refractivity contribution < 1.29 is 9.59 Å². The lowest BCUT2D eigenvalue weighted by atomic mass is 10.1. The van der Waals surface area contributed by atoms with E-state index in [4.69, 9.17) is 0 Å². The van der Waals surface area contributed by atoms with E-state index in [-0.39, 0.29) is 11.8 Å². The first-order chi connectivity index (χ1) is 12.5. The van der Waals surface area contributed by atoms with E-state index in [2.05, 4.69) is 15.1 Å². The summed E-state index contributed by atoms with van der Waals surface area (Å²) in [7, 11) is 3.45. The van der Waals surface area contributed by atoms with Crippen molar-refractivity contribution in [1.29, 1.82) is 0 Å². The third-order valence-electron chi connectivity index (χ3n) is 5.44. The van der Waals surface area contributed by atoms with Gasteiger partial charge in [0.05, 0.1) is 6.54 Å². The van der Waals surface area contributed by atoms with Crippen LogP contribution in [0.5, 0.6) is 0 Å². The fourth-order valence-corrected chi connectivity index (χ4v) is 3.91. The van der Waals surface area contributed by atoms with Gasteiger partial charge in [0.2, 0.25) is 5.91 Å². The fourth-order valence-electron chi connectivity index (χ4n) is 3.91. The maximum absolute atomic E-state index is 12.3. The summed E-state index contributed by atoms with van der Waals surface area (Å²) in [4.78, 5) is 30.6. The van der Waals surface area contributed by atoms with E-state index in [1.165, 1.54) is 25.7 Å². The van der Waals surface area contributed by atoms with Gasteiger partial charge < -0.3 is 10.2 Å². The first-order valence-electron chi connectivity index (χ1n) is 9.61. The van der Waals surface area contributed by atoms with Crippen molar-refractivity contribution in [2.45, 2.75) is 31.7 Å². The van der Waals surface area contributed by atoms with Crippen molar-refractivity contribution in [3.8, 4) is 0 Å². The van der Waals surface area contributed by atoms with Gasteiger partial charge in [0.15, 0.2) is 0 Å². The molecule has 1 aliphatic heterocycles. The van der Waals surface area contributed by atoms with E-state index >= 15 is 0 Å². The van der Waals surface area contributed by atoms with Crippen LogP contribution < -0.4 is 5.32 Å². The highest BCUT2D eigenvalue weighted by atomic mass is 16.2. The summed E-state index contributed by atoms with van der Waals surface area (Å²) in [6, 6.07) is 7.84. The van der Waals surface area contributed by atoms with Gasteiger partial charge in [-0.05, 0) is 37.1 Å². The molecular formula is C20H30N4O2. The van der Waals surface area contributed by atoms with Crippen LogP contribution in [0.4, 0.5) is 5.69 Å². The molecule has 0 bridgehead atoms. The zero-order chi connectivity index (χ0) is 18.5. The van der Waals surface area contributed by atoms with E-state index in [9.17, 15) is 9.59 Å². The molecule has 1 N–H and O–H groups in total. The van der Waals surface area contributed by atoms with Gasteiger partial charge in [-0.1, -0.05) is 12.8 Å². The number of nitrogens with one attached hydrogen (secondary N) is 1. The van der Waals surface area contributed by atoms with Gasteiger partial charge in [0.25, 0.3) is 5.91 Å². The molecule has 0 spiro atoms. The molecule has 6 heteroatoms. The molecule has 1 aromatic rings. The molecule has 2 fully saturated rings. The Labute approximate surface area is 156 Å². The highest BCUT2D eigenvalue weighted by molar-refractivity contribution is 5.96. The predicted octanol–water partition coefficient (Wildman–Crippen LogP) is 1.89. The lowest BCUT2D eigenvalue weighted by Gasteiger charge is -2.37. The molecule has 6 nitrogen and oxygen atoms in total. The molecule has 2 amide bonds. The summed E-state index contributed by atoms with van der Waals surface area (Å²) in [5.74, 6) is -0.0333. The summed E-state index contributed by atoms with van der Waals surface area (Å²) in [5, 5.41) is 2.93. The maximum atomic E-state index is 12.3. The van der Waals surface area contributed by atoms with E-state index in [0.29, 0.717) is 12.1 Å². The number of hydrogen-bond acceptors (Lipinski definition) is 4. The molecule has 1 saturated heterocycles. The van der Waals surface area contributed by atoms with Gasteiger partial charge in [0, 0.05) is 57.6 Å². The minimum atomic E-state index is -0.0389. The zero-order valence-corrected chi connectivity index (χ0v) is 15.9. The van der Waals surface area contributed by atoms with Gasteiger partial charge >= 0.3 is 0 Å². The molecule has 142 valence electrons. The van der Waals surface area contributed by atoms with Crippen molar-refractivity contribution in [1.82, 2.24) is 14.7 Å². The van der Waals surface area contributed by atoms with E-state index in [1.54, 1.807) is 43.3 Å². The number of anilines is 1. The average molecular weight is 358 g/mol. The molecule has 1 saturated carbocycles. The van der Waals surface area contributed by atoms with Crippen LogP contribution in [-0.4, -0.2) is 79.4 Å². The number of piperazine rings is 1. The molecule has 0 atom stereocenters. The fraction of sp³-hybridized carbons (Fsp3) is 0.600. The minimum absolute atomic E-state index is 0.00556. The first kappa shape index (κ1) is 18.9. The monoisotopic (exact) mass is 358 g/mol. The van der Waals surface area contributed by atoms with Gasteiger partial charge in [-0.25, -0.2) is 0 Å². The Morgan fingerprint density at radius 2 is 1.65 bits per heavy atom. The Kier molecular flexibility index (Phi) is 6.27. The van der Waals surface area contributed by atoms with Gasteiger partial charge in [-0.3, -0.25) is 19.4 Å². The molecule has 0 unspecified atom stereocenters. The summed E-state index contributed by atoms with van der Waals surface area (Å²) in [6.07, 6.45) is 5.41. The van der Waals surface area contributed by atoms with Crippen molar-refractivity contribution in [3.05, 3.63) is 29.8 Å². The van der Waals surface area contributed by atoms with E-state index < -0.39 is 0 Å². The van der Waals surface area contributed by atoms with Crippen LogP contribution in [-0.2, 0) is 4.79 Å². The van der Waals surface area contributed by atoms with Crippen LogP contribution in [0, 0.1) is 0 Å². The smallest absolute Gasteiger partial charge is 0.253 e. The number of rotatable bonds is 5. The Morgan fingerprint density at radius 1 is 1.04 bits per heavy atom. The van der Waals surface area contributed by atoms with Crippen molar-refractivity contribution in [2.75, 3.05) is 52.1 Å². The SMILES string of the molecule is CN(C)C(=O)c1ccc(NC(=O)CN2CCN(C3CCCC3)CC2)cc1. The third kappa shape index (κ3) is 4.83. The molecule has 0 radical (unpaired) electrons. The summed E-state index contributed by atoms with van der Waals surface area (Å²) >= 11 is 0. The largest absolute Gasteiger partial charge is 0.345 e. The van der Waals surface area contributed by atoms with Crippen LogP contribution in [0.1, 0.15) is 36.0 Å². The molecular weight excluding hydrogens is 328 g/mol. The topological polar surface area (TPSA) is 55.9 Å². The number of carbonyl (C=O) groups is 2. The number of nitrogens with zero attached hydrogens (tertiary/aromatic N) is 3. The lowest BCUT2D eigenvalue weighted by Crippen LogP contribution is -2.51. The number of benzene rings is 1. The molecule has 1 aliphatic carbocycles. The normalized spacial score (nSPS) is 19.5. The summed E-state index contributed by atoms with van der Waals surface area (Å²) < 4.78 is 0. The third-order valence-corrected chi connectivity index (χ3v) is 5.44. The predicted molar refractivity (Wildman–Crippen MR) is 103 cm³/mol.